The van der Waals surface area contributed by atoms with Crippen LogP contribution in [0.4, 0.5) is 10.1 Å². The first-order valence-electron chi connectivity index (χ1n) is 9.43. The zero-order valence-electron chi connectivity index (χ0n) is 16.6. The van der Waals surface area contributed by atoms with Gasteiger partial charge >= 0.3 is 5.97 Å². The Morgan fingerprint density at radius 3 is 2.53 bits per heavy atom. The van der Waals surface area contributed by atoms with E-state index in [2.05, 4.69) is 15.6 Å². The third-order valence-electron chi connectivity index (χ3n) is 4.30. The SMILES string of the molecule is CCOC(=O)C1=C(C)NC(SCC(=O)Nc2ccccc2)=N[C@H]1c1ccc(F)cc1. The Bertz CT molecular complexity index is 975. The molecule has 1 aliphatic rings. The molecular weight excluding hydrogens is 405 g/mol. The van der Waals surface area contributed by atoms with Crippen LogP contribution in [0.5, 0.6) is 0 Å². The summed E-state index contributed by atoms with van der Waals surface area (Å²) in [4.78, 5) is 29.3. The van der Waals surface area contributed by atoms with E-state index in [1.54, 1.807) is 26.0 Å². The van der Waals surface area contributed by atoms with E-state index in [9.17, 15) is 14.0 Å². The van der Waals surface area contributed by atoms with Crippen molar-refractivity contribution in [3.63, 3.8) is 0 Å². The van der Waals surface area contributed by atoms with E-state index in [0.717, 1.165) is 0 Å². The fraction of sp³-hybridized carbons (Fsp3) is 0.227. The van der Waals surface area contributed by atoms with Gasteiger partial charge in [0.15, 0.2) is 5.17 Å². The molecule has 0 fully saturated rings. The van der Waals surface area contributed by atoms with Gasteiger partial charge in [-0.15, -0.1) is 0 Å². The highest BCUT2D eigenvalue weighted by molar-refractivity contribution is 8.14. The van der Waals surface area contributed by atoms with E-state index in [-0.39, 0.29) is 24.1 Å². The topological polar surface area (TPSA) is 79.8 Å². The lowest BCUT2D eigenvalue weighted by Crippen LogP contribution is -2.31. The highest BCUT2D eigenvalue weighted by Crippen LogP contribution is 2.33. The Morgan fingerprint density at radius 2 is 1.87 bits per heavy atom. The number of nitrogens with zero attached hydrogens (tertiary/aromatic N) is 1. The molecule has 0 saturated heterocycles. The van der Waals surface area contributed by atoms with Crippen LogP contribution < -0.4 is 10.6 Å². The maximum atomic E-state index is 13.4. The summed E-state index contributed by atoms with van der Waals surface area (Å²) >= 11 is 1.22. The third kappa shape index (κ3) is 5.48. The zero-order chi connectivity index (χ0) is 21.5. The highest BCUT2D eigenvalue weighted by atomic mass is 32.2. The minimum Gasteiger partial charge on any atom is -0.463 e. The van der Waals surface area contributed by atoms with Crippen molar-refractivity contribution in [1.29, 1.82) is 0 Å². The van der Waals surface area contributed by atoms with Gasteiger partial charge < -0.3 is 15.4 Å². The second-order valence-corrected chi connectivity index (χ2v) is 7.44. The normalized spacial score (nSPS) is 15.8. The molecule has 6 nitrogen and oxygen atoms in total. The number of carbonyl (C=O) groups is 2. The molecule has 2 aromatic carbocycles. The van der Waals surface area contributed by atoms with Crippen molar-refractivity contribution in [3.8, 4) is 0 Å². The number of rotatable bonds is 6. The number of amidine groups is 1. The van der Waals surface area contributed by atoms with Crippen LogP contribution in [-0.2, 0) is 14.3 Å². The number of benzene rings is 2. The van der Waals surface area contributed by atoms with Gasteiger partial charge in [-0.2, -0.15) is 0 Å². The number of hydrogen-bond donors (Lipinski definition) is 2. The molecule has 2 aromatic rings. The number of para-hydroxylation sites is 1. The lowest BCUT2D eigenvalue weighted by Gasteiger charge is -2.25. The van der Waals surface area contributed by atoms with Crippen LogP contribution in [0.2, 0.25) is 0 Å². The largest absolute Gasteiger partial charge is 0.463 e. The second kappa shape index (κ2) is 10.1. The van der Waals surface area contributed by atoms with Crippen molar-refractivity contribution < 1.29 is 18.7 Å². The van der Waals surface area contributed by atoms with Crippen molar-refractivity contribution in [3.05, 3.63) is 77.2 Å². The number of nitrogens with one attached hydrogen (secondary N) is 2. The second-order valence-electron chi connectivity index (χ2n) is 6.48. The van der Waals surface area contributed by atoms with Crippen LogP contribution in [0.3, 0.4) is 0 Å². The number of carbonyl (C=O) groups excluding carboxylic acids is 2. The van der Waals surface area contributed by atoms with E-state index in [1.165, 1.54) is 23.9 Å². The Morgan fingerprint density at radius 1 is 1.17 bits per heavy atom. The number of amides is 1. The molecule has 1 aliphatic heterocycles. The Kier molecular flexibility index (Phi) is 7.24. The van der Waals surface area contributed by atoms with Gasteiger partial charge in [-0.25, -0.2) is 14.2 Å². The van der Waals surface area contributed by atoms with Gasteiger partial charge in [0.2, 0.25) is 5.91 Å². The fourth-order valence-corrected chi connectivity index (χ4v) is 3.68. The molecular formula is C22H22FN3O3S. The minimum absolute atomic E-state index is 0.138. The average Bonchev–Trinajstić information content (AvgIpc) is 2.73. The first-order valence-corrected chi connectivity index (χ1v) is 10.4. The molecule has 0 aliphatic carbocycles. The van der Waals surface area contributed by atoms with Gasteiger partial charge in [0.05, 0.1) is 17.9 Å². The summed E-state index contributed by atoms with van der Waals surface area (Å²) in [6, 6.07) is 14.3. The van der Waals surface area contributed by atoms with Gasteiger partial charge in [-0.3, -0.25) is 4.79 Å². The Balaban J connectivity index is 1.77. The van der Waals surface area contributed by atoms with Crippen LogP contribution in [0.25, 0.3) is 0 Å². The van der Waals surface area contributed by atoms with Crippen LogP contribution in [0.1, 0.15) is 25.5 Å². The lowest BCUT2D eigenvalue weighted by atomic mass is 9.96. The molecule has 0 saturated carbocycles. The minimum atomic E-state index is -0.648. The van der Waals surface area contributed by atoms with Crippen molar-refractivity contribution >= 4 is 34.5 Å². The monoisotopic (exact) mass is 427 g/mol. The van der Waals surface area contributed by atoms with E-state index in [4.69, 9.17) is 4.74 Å². The molecule has 2 N–H and O–H groups in total. The molecule has 0 aromatic heterocycles. The van der Waals surface area contributed by atoms with E-state index >= 15 is 0 Å². The maximum Gasteiger partial charge on any atom is 0.338 e. The van der Waals surface area contributed by atoms with Gasteiger partial charge in [-0.05, 0) is 43.7 Å². The van der Waals surface area contributed by atoms with Crippen molar-refractivity contribution in [2.45, 2.75) is 19.9 Å². The summed E-state index contributed by atoms with van der Waals surface area (Å²) in [7, 11) is 0. The van der Waals surface area contributed by atoms with Crippen molar-refractivity contribution in [2.24, 2.45) is 4.99 Å². The third-order valence-corrected chi connectivity index (χ3v) is 5.18. The summed E-state index contributed by atoms with van der Waals surface area (Å²) in [5, 5.41) is 6.39. The number of thioether (sulfide) groups is 1. The smallest absolute Gasteiger partial charge is 0.338 e. The number of anilines is 1. The van der Waals surface area contributed by atoms with Gasteiger partial charge in [-0.1, -0.05) is 42.1 Å². The summed E-state index contributed by atoms with van der Waals surface area (Å²) in [5.41, 5.74) is 2.32. The van der Waals surface area contributed by atoms with Crippen LogP contribution in [0, 0.1) is 5.82 Å². The molecule has 0 unspecified atom stereocenters. The van der Waals surface area contributed by atoms with Gasteiger partial charge in [0.1, 0.15) is 11.9 Å². The highest BCUT2D eigenvalue weighted by Gasteiger charge is 2.30. The molecule has 0 bridgehead atoms. The van der Waals surface area contributed by atoms with Crippen molar-refractivity contribution in [2.75, 3.05) is 17.7 Å². The molecule has 1 atom stereocenters. The van der Waals surface area contributed by atoms with E-state index < -0.39 is 12.0 Å². The fourth-order valence-electron chi connectivity index (χ4n) is 2.93. The molecule has 8 heteroatoms. The maximum absolute atomic E-state index is 13.4. The summed E-state index contributed by atoms with van der Waals surface area (Å²) in [5.74, 6) is -0.890. The lowest BCUT2D eigenvalue weighted by molar-refractivity contribution is -0.139. The Hall–Kier alpha value is -3.13. The first-order chi connectivity index (χ1) is 14.5. The van der Waals surface area contributed by atoms with E-state index in [0.29, 0.717) is 27.7 Å². The van der Waals surface area contributed by atoms with Crippen LogP contribution in [0.15, 0.2) is 70.9 Å². The average molecular weight is 428 g/mol. The quantitative estimate of drug-likeness (QED) is 0.681. The number of hydrogen-bond acceptors (Lipinski definition) is 6. The molecule has 1 heterocycles. The Labute approximate surface area is 178 Å². The molecule has 156 valence electrons. The van der Waals surface area contributed by atoms with Crippen LogP contribution in [-0.4, -0.2) is 29.4 Å². The number of halogens is 1. The summed E-state index contributed by atoms with van der Waals surface area (Å²) in [6.07, 6.45) is 0. The first kappa shape index (κ1) is 21.6. The number of ether oxygens (including phenoxy) is 1. The number of allylic oxidation sites excluding steroid dienone is 1. The molecule has 3 rings (SSSR count). The molecule has 0 radical (unpaired) electrons. The number of aliphatic imine (C=N–C) groups is 1. The molecule has 1 amide bonds. The standard InChI is InChI=1S/C22H22FN3O3S/c1-3-29-21(28)19-14(2)24-22(26-20(19)15-9-11-16(23)12-10-15)30-13-18(27)25-17-7-5-4-6-8-17/h4-12,20H,3,13H2,1-2H3,(H,24,26)(H,25,27)/t20-/m0/s1. The van der Waals surface area contributed by atoms with Gasteiger partial charge in [0.25, 0.3) is 0 Å². The summed E-state index contributed by atoms with van der Waals surface area (Å²) in [6.45, 7) is 3.71. The summed E-state index contributed by atoms with van der Waals surface area (Å²) < 4.78 is 18.5. The molecule has 0 spiro atoms. The zero-order valence-corrected chi connectivity index (χ0v) is 17.5. The van der Waals surface area contributed by atoms with Crippen molar-refractivity contribution in [1.82, 2.24) is 5.32 Å². The van der Waals surface area contributed by atoms with E-state index in [1.807, 2.05) is 30.3 Å². The molecule has 30 heavy (non-hydrogen) atoms. The number of esters is 1. The predicted molar refractivity (Wildman–Crippen MR) is 117 cm³/mol. The van der Waals surface area contributed by atoms with Crippen LogP contribution >= 0.6 is 11.8 Å². The predicted octanol–water partition coefficient (Wildman–Crippen LogP) is 4.04. The van der Waals surface area contributed by atoms with Gasteiger partial charge in [0, 0.05) is 11.4 Å².